The number of esters is 2. The molecule has 1 heterocycles. The van der Waals surface area contributed by atoms with Crippen LogP contribution in [-0.2, 0) is 16.1 Å². The number of hydrogen-bond donors (Lipinski definition) is 0. The Morgan fingerprint density at radius 2 is 1.61 bits per heavy atom. The zero-order valence-electron chi connectivity index (χ0n) is 19.4. The summed E-state index contributed by atoms with van der Waals surface area (Å²) in [7, 11) is 2.44. The van der Waals surface area contributed by atoms with Gasteiger partial charge in [0, 0.05) is 17.7 Å². The lowest BCUT2D eigenvalue weighted by Crippen LogP contribution is -2.15. The van der Waals surface area contributed by atoms with Gasteiger partial charge in [-0.15, -0.1) is 0 Å². The van der Waals surface area contributed by atoms with E-state index in [4.69, 9.17) is 14.2 Å². The van der Waals surface area contributed by atoms with Crippen LogP contribution in [-0.4, -0.2) is 40.9 Å². The van der Waals surface area contributed by atoms with E-state index in [1.807, 2.05) is 6.07 Å². The van der Waals surface area contributed by atoms with Crippen molar-refractivity contribution < 1.29 is 28.7 Å². The first-order chi connectivity index (χ1) is 17.4. The molecule has 0 aliphatic heterocycles. The van der Waals surface area contributed by atoms with Gasteiger partial charge in [-0.3, -0.25) is 10.1 Å². The Kier molecular flexibility index (Phi) is 7.05. The summed E-state index contributed by atoms with van der Waals surface area (Å²) in [5.74, 6) is -1.02. The topological polar surface area (TPSA) is 123 Å². The van der Waals surface area contributed by atoms with Gasteiger partial charge in [-0.1, -0.05) is 30.3 Å². The van der Waals surface area contributed by atoms with Gasteiger partial charge in [-0.25, -0.2) is 14.3 Å². The van der Waals surface area contributed by atoms with E-state index >= 15 is 0 Å². The molecule has 0 aliphatic rings. The molecule has 0 N–H and O–H groups in total. The lowest BCUT2D eigenvalue weighted by atomic mass is 10.1. The van der Waals surface area contributed by atoms with Gasteiger partial charge in [0.2, 0.25) is 0 Å². The second kappa shape index (κ2) is 10.5. The molecule has 4 aromatic rings. The molecule has 10 heteroatoms. The summed E-state index contributed by atoms with van der Waals surface area (Å²) in [4.78, 5) is 35.9. The number of aromatic nitrogens is 2. The first-order valence-electron chi connectivity index (χ1n) is 10.7. The third-order valence-electron chi connectivity index (χ3n) is 5.31. The molecule has 0 aliphatic carbocycles. The maximum absolute atomic E-state index is 12.8. The van der Waals surface area contributed by atoms with Crippen LogP contribution in [0, 0.1) is 10.1 Å². The van der Waals surface area contributed by atoms with E-state index in [2.05, 4.69) is 5.10 Å². The number of carbonyl (C=O) groups excluding carboxylic acids is 2. The molecule has 3 aromatic carbocycles. The SMILES string of the molecule is COC(=O)c1c(-c2cccc(OCc3ccc([N+](=O)[O-])cc3)c2)nn(-c2ccccc2)c1C(=O)OC. The highest BCUT2D eigenvalue weighted by molar-refractivity contribution is 6.06. The predicted octanol–water partition coefficient (Wildman–Crippen LogP) is 4.60. The molecule has 0 saturated carbocycles. The van der Waals surface area contributed by atoms with E-state index < -0.39 is 16.9 Å². The molecular formula is C26H21N3O7. The van der Waals surface area contributed by atoms with Crippen LogP contribution in [0.5, 0.6) is 5.75 Å². The number of non-ortho nitro benzene ring substituents is 1. The molecule has 10 nitrogen and oxygen atoms in total. The molecule has 36 heavy (non-hydrogen) atoms. The molecule has 4 rings (SSSR count). The fourth-order valence-corrected chi connectivity index (χ4v) is 3.57. The van der Waals surface area contributed by atoms with Gasteiger partial charge in [0.05, 0.1) is 24.8 Å². The van der Waals surface area contributed by atoms with E-state index in [-0.39, 0.29) is 29.2 Å². The maximum atomic E-state index is 12.8. The minimum absolute atomic E-state index is 0.00787. The normalized spacial score (nSPS) is 10.5. The van der Waals surface area contributed by atoms with Crippen LogP contribution < -0.4 is 4.74 Å². The third kappa shape index (κ3) is 4.92. The van der Waals surface area contributed by atoms with Crippen LogP contribution in [0.2, 0.25) is 0 Å². The number of para-hydroxylation sites is 1. The van der Waals surface area contributed by atoms with E-state index in [0.717, 1.165) is 5.56 Å². The molecule has 0 spiro atoms. The van der Waals surface area contributed by atoms with Gasteiger partial charge >= 0.3 is 11.9 Å². The highest BCUT2D eigenvalue weighted by Crippen LogP contribution is 2.31. The van der Waals surface area contributed by atoms with E-state index in [9.17, 15) is 19.7 Å². The van der Waals surface area contributed by atoms with Gasteiger partial charge in [-0.2, -0.15) is 5.10 Å². The second-order valence-electron chi connectivity index (χ2n) is 7.54. The first-order valence-corrected chi connectivity index (χ1v) is 10.7. The smallest absolute Gasteiger partial charge is 0.357 e. The number of carbonyl (C=O) groups is 2. The Hall–Kier alpha value is -4.99. The van der Waals surface area contributed by atoms with E-state index in [0.29, 0.717) is 17.0 Å². The van der Waals surface area contributed by atoms with Crippen molar-refractivity contribution in [3.63, 3.8) is 0 Å². The van der Waals surface area contributed by atoms with Crippen molar-refractivity contribution >= 4 is 17.6 Å². The van der Waals surface area contributed by atoms with Crippen LogP contribution in [0.15, 0.2) is 78.9 Å². The van der Waals surface area contributed by atoms with Gasteiger partial charge in [0.15, 0.2) is 5.69 Å². The fourth-order valence-electron chi connectivity index (χ4n) is 3.57. The van der Waals surface area contributed by atoms with E-state index in [1.165, 1.54) is 31.0 Å². The van der Waals surface area contributed by atoms with Gasteiger partial charge < -0.3 is 14.2 Å². The van der Waals surface area contributed by atoms with Crippen LogP contribution in [0.3, 0.4) is 0 Å². The number of methoxy groups -OCH3 is 2. The monoisotopic (exact) mass is 487 g/mol. The van der Waals surface area contributed by atoms with Crippen LogP contribution in [0.25, 0.3) is 16.9 Å². The Labute approximate surface area is 205 Å². The molecule has 0 amide bonds. The molecule has 0 radical (unpaired) electrons. The number of ether oxygens (including phenoxy) is 3. The highest BCUT2D eigenvalue weighted by atomic mass is 16.6. The van der Waals surface area contributed by atoms with Crippen molar-refractivity contribution in [3.8, 4) is 22.7 Å². The van der Waals surface area contributed by atoms with Gasteiger partial charge in [0.1, 0.15) is 23.6 Å². The number of hydrogen-bond acceptors (Lipinski definition) is 8. The molecule has 0 bridgehead atoms. The van der Waals surface area contributed by atoms with Crippen molar-refractivity contribution in [2.75, 3.05) is 14.2 Å². The first kappa shape index (κ1) is 24.1. The fraction of sp³-hybridized carbons (Fsp3) is 0.115. The lowest BCUT2D eigenvalue weighted by molar-refractivity contribution is -0.384. The Balaban J connectivity index is 1.73. The Morgan fingerprint density at radius 3 is 2.25 bits per heavy atom. The molecule has 182 valence electrons. The van der Waals surface area contributed by atoms with Crippen LogP contribution >= 0.6 is 0 Å². The third-order valence-corrected chi connectivity index (χ3v) is 5.31. The average molecular weight is 487 g/mol. The zero-order valence-corrected chi connectivity index (χ0v) is 19.4. The molecule has 0 fully saturated rings. The summed E-state index contributed by atoms with van der Waals surface area (Å²) < 4.78 is 17.1. The summed E-state index contributed by atoms with van der Waals surface area (Å²) in [6.07, 6.45) is 0. The molecular weight excluding hydrogens is 466 g/mol. The number of nitro groups is 1. The van der Waals surface area contributed by atoms with E-state index in [1.54, 1.807) is 60.7 Å². The van der Waals surface area contributed by atoms with Crippen molar-refractivity contribution in [3.05, 3.63) is 106 Å². The zero-order chi connectivity index (χ0) is 25.7. The minimum atomic E-state index is -0.747. The van der Waals surface area contributed by atoms with Crippen LogP contribution in [0.1, 0.15) is 26.4 Å². The van der Waals surface area contributed by atoms with Gasteiger partial charge in [-0.05, 0) is 42.0 Å². The largest absolute Gasteiger partial charge is 0.489 e. The number of rotatable bonds is 8. The van der Waals surface area contributed by atoms with Crippen molar-refractivity contribution in [2.45, 2.75) is 6.61 Å². The molecule has 1 aromatic heterocycles. The second-order valence-corrected chi connectivity index (χ2v) is 7.54. The lowest BCUT2D eigenvalue weighted by Gasteiger charge is -2.08. The summed E-state index contributed by atoms with van der Waals surface area (Å²) in [5.41, 5.74) is 1.90. The minimum Gasteiger partial charge on any atom is -0.489 e. The summed E-state index contributed by atoms with van der Waals surface area (Å²) in [5, 5.41) is 15.4. The van der Waals surface area contributed by atoms with Crippen molar-refractivity contribution in [1.29, 1.82) is 0 Å². The summed E-state index contributed by atoms with van der Waals surface area (Å²) >= 11 is 0. The van der Waals surface area contributed by atoms with Crippen molar-refractivity contribution in [1.82, 2.24) is 9.78 Å². The molecule has 0 unspecified atom stereocenters. The maximum Gasteiger partial charge on any atom is 0.357 e. The summed E-state index contributed by atoms with van der Waals surface area (Å²) in [6, 6.07) is 21.8. The number of benzene rings is 3. The van der Waals surface area contributed by atoms with Crippen LogP contribution in [0.4, 0.5) is 5.69 Å². The number of nitrogens with zero attached hydrogens (tertiary/aromatic N) is 3. The summed E-state index contributed by atoms with van der Waals surface area (Å²) in [6.45, 7) is 0.164. The molecule has 0 atom stereocenters. The number of nitro benzene ring substituents is 1. The predicted molar refractivity (Wildman–Crippen MR) is 129 cm³/mol. The Bertz CT molecular complexity index is 1410. The molecule has 0 saturated heterocycles. The average Bonchev–Trinajstić information content (AvgIpc) is 3.32. The van der Waals surface area contributed by atoms with Gasteiger partial charge in [0.25, 0.3) is 5.69 Å². The quantitative estimate of drug-likeness (QED) is 0.201. The highest BCUT2D eigenvalue weighted by Gasteiger charge is 2.31. The standard InChI is InChI=1S/C26H21N3O7/c1-34-25(30)22-23(27-28(24(22)26(31)35-2)19-8-4-3-5-9-19)18-7-6-10-21(15-18)36-16-17-11-13-20(14-12-17)29(32)33/h3-15H,16H2,1-2H3. The van der Waals surface area contributed by atoms with Crippen molar-refractivity contribution in [2.24, 2.45) is 0 Å². The Morgan fingerprint density at radius 1 is 0.917 bits per heavy atom.